The molecule has 1 aliphatic heterocycles. The summed E-state index contributed by atoms with van der Waals surface area (Å²) in [5.74, 6) is 1.02. The lowest BCUT2D eigenvalue weighted by molar-refractivity contribution is 0.209. The second-order valence-electron chi connectivity index (χ2n) is 4.80. The van der Waals surface area contributed by atoms with Crippen LogP contribution >= 0.6 is 0 Å². The van der Waals surface area contributed by atoms with Gasteiger partial charge in [0.2, 0.25) is 0 Å². The summed E-state index contributed by atoms with van der Waals surface area (Å²) in [6, 6.07) is 4.56. The van der Waals surface area contributed by atoms with Gasteiger partial charge in [0.15, 0.2) is 0 Å². The summed E-state index contributed by atoms with van der Waals surface area (Å²) < 4.78 is 0. The molecule has 2 heterocycles. The number of aliphatic hydroxyl groups excluding tert-OH is 1. The average molecular weight is 235 g/mol. The third-order valence-electron chi connectivity index (χ3n) is 3.36. The molecule has 17 heavy (non-hydrogen) atoms. The van der Waals surface area contributed by atoms with Gasteiger partial charge < -0.3 is 10.0 Å². The van der Waals surface area contributed by atoms with Gasteiger partial charge in [0.25, 0.3) is 0 Å². The van der Waals surface area contributed by atoms with Crippen molar-refractivity contribution in [3.05, 3.63) is 23.9 Å². The molecule has 0 amide bonds. The second-order valence-corrected chi connectivity index (χ2v) is 4.80. The topological polar surface area (TPSA) is 39.6 Å². The normalized spacial score (nSPS) is 17.8. The molecule has 0 saturated carbocycles. The van der Waals surface area contributed by atoms with Gasteiger partial charge in [-0.05, 0) is 25.5 Å². The monoisotopic (exact) mass is 235 g/mol. The van der Waals surface area contributed by atoms with Gasteiger partial charge >= 0.3 is 0 Å². The summed E-state index contributed by atoms with van der Waals surface area (Å²) in [6.07, 6.45) is 1.75. The number of anilines is 1. The highest BCUT2D eigenvalue weighted by Gasteiger charge is 2.19. The maximum atomic E-state index is 8.97. The van der Waals surface area contributed by atoms with Crippen LogP contribution in [-0.4, -0.2) is 47.2 Å². The number of pyridine rings is 1. The smallest absolute Gasteiger partial charge is 0.128 e. The summed E-state index contributed by atoms with van der Waals surface area (Å²) in [5.41, 5.74) is 0.870. The Hall–Kier alpha value is -1.13. The van der Waals surface area contributed by atoms with Crippen molar-refractivity contribution in [2.24, 2.45) is 0 Å². The highest BCUT2D eigenvalue weighted by atomic mass is 16.3. The zero-order valence-corrected chi connectivity index (χ0v) is 10.6. The minimum atomic E-state index is 0.0639. The van der Waals surface area contributed by atoms with E-state index in [0.29, 0.717) is 6.04 Å². The molecule has 1 fully saturated rings. The van der Waals surface area contributed by atoms with Gasteiger partial charge in [-0.2, -0.15) is 0 Å². The Balaban J connectivity index is 1.95. The molecule has 1 aliphatic rings. The maximum absolute atomic E-state index is 8.97. The van der Waals surface area contributed by atoms with Crippen LogP contribution in [0.25, 0.3) is 0 Å². The summed E-state index contributed by atoms with van der Waals surface area (Å²) in [4.78, 5) is 9.18. The molecule has 4 nitrogen and oxygen atoms in total. The van der Waals surface area contributed by atoms with E-state index in [1.54, 1.807) is 6.20 Å². The van der Waals surface area contributed by atoms with E-state index in [1.165, 1.54) is 0 Å². The first kappa shape index (κ1) is 12.3. The van der Waals surface area contributed by atoms with Crippen molar-refractivity contribution in [1.82, 2.24) is 9.88 Å². The van der Waals surface area contributed by atoms with E-state index >= 15 is 0 Å². The summed E-state index contributed by atoms with van der Waals surface area (Å²) in [7, 11) is 0. The second kappa shape index (κ2) is 5.47. The Morgan fingerprint density at radius 2 is 1.94 bits per heavy atom. The first-order valence-electron chi connectivity index (χ1n) is 6.25. The maximum Gasteiger partial charge on any atom is 0.128 e. The first-order chi connectivity index (χ1) is 8.20. The van der Waals surface area contributed by atoms with Crippen LogP contribution in [0.2, 0.25) is 0 Å². The lowest BCUT2D eigenvalue weighted by Crippen LogP contribution is -2.49. The van der Waals surface area contributed by atoms with Crippen LogP contribution in [0.1, 0.15) is 19.4 Å². The molecule has 1 N–H and O–H groups in total. The number of hydrogen-bond acceptors (Lipinski definition) is 4. The SMILES string of the molecule is CC(C)N1CCN(c2ccc(CO)cn2)CC1. The highest BCUT2D eigenvalue weighted by molar-refractivity contribution is 5.39. The summed E-state index contributed by atoms with van der Waals surface area (Å²) in [6.45, 7) is 8.80. The molecule has 94 valence electrons. The molecule has 1 aromatic rings. The van der Waals surface area contributed by atoms with Crippen LogP contribution in [0.3, 0.4) is 0 Å². The van der Waals surface area contributed by atoms with E-state index in [-0.39, 0.29) is 6.61 Å². The summed E-state index contributed by atoms with van der Waals surface area (Å²) >= 11 is 0. The third-order valence-corrected chi connectivity index (χ3v) is 3.36. The molecule has 0 aliphatic carbocycles. The Morgan fingerprint density at radius 3 is 2.41 bits per heavy atom. The van der Waals surface area contributed by atoms with E-state index in [4.69, 9.17) is 5.11 Å². The van der Waals surface area contributed by atoms with Gasteiger partial charge in [-0.25, -0.2) is 4.98 Å². The third kappa shape index (κ3) is 2.96. The van der Waals surface area contributed by atoms with Gasteiger partial charge in [-0.1, -0.05) is 6.07 Å². The fraction of sp³-hybridized carbons (Fsp3) is 0.615. The van der Waals surface area contributed by atoms with E-state index in [1.807, 2.05) is 12.1 Å². The van der Waals surface area contributed by atoms with Crippen molar-refractivity contribution in [2.45, 2.75) is 26.5 Å². The molecule has 1 saturated heterocycles. The number of rotatable bonds is 3. The predicted molar refractivity (Wildman–Crippen MR) is 69.1 cm³/mol. The van der Waals surface area contributed by atoms with Crippen LogP contribution in [0.4, 0.5) is 5.82 Å². The average Bonchev–Trinajstić information content (AvgIpc) is 2.39. The van der Waals surface area contributed by atoms with Crippen molar-refractivity contribution in [1.29, 1.82) is 0 Å². The first-order valence-corrected chi connectivity index (χ1v) is 6.25. The van der Waals surface area contributed by atoms with E-state index < -0.39 is 0 Å². The van der Waals surface area contributed by atoms with Crippen molar-refractivity contribution in [3.8, 4) is 0 Å². The molecular weight excluding hydrogens is 214 g/mol. The molecule has 2 rings (SSSR count). The van der Waals surface area contributed by atoms with Gasteiger partial charge in [0.05, 0.1) is 6.61 Å². The standard InChI is InChI=1S/C13H21N3O/c1-11(2)15-5-7-16(8-6-15)13-4-3-12(10-17)9-14-13/h3-4,9,11,17H,5-8,10H2,1-2H3. The number of aromatic nitrogens is 1. The van der Waals surface area contributed by atoms with Gasteiger partial charge in [-0.3, -0.25) is 4.90 Å². The molecular formula is C13H21N3O. The van der Waals surface area contributed by atoms with E-state index in [2.05, 4.69) is 28.6 Å². The Bertz CT molecular complexity index is 342. The number of hydrogen-bond donors (Lipinski definition) is 1. The lowest BCUT2D eigenvalue weighted by atomic mass is 10.2. The molecule has 0 unspecified atom stereocenters. The van der Waals surface area contributed by atoms with Crippen molar-refractivity contribution >= 4 is 5.82 Å². The van der Waals surface area contributed by atoms with E-state index in [9.17, 15) is 0 Å². The fourth-order valence-corrected chi connectivity index (χ4v) is 2.16. The summed E-state index contributed by atoms with van der Waals surface area (Å²) in [5, 5.41) is 8.97. The largest absolute Gasteiger partial charge is 0.392 e. The zero-order chi connectivity index (χ0) is 12.3. The van der Waals surface area contributed by atoms with Gasteiger partial charge in [0, 0.05) is 38.4 Å². The number of nitrogens with zero attached hydrogens (tertiary/aromatic N) is 3. The lowest BCUT2D eigenvalue weighted by Gasteiger charge is -2.37. The van der Waals surface area contributed by atoms with Crippen molar-refractivity contribution in [3.63, 3.8) is 0 Å². The van der Waals surface area contributed by atoms with Crippen LogP contribution in [-0.2, 0) is 6.61 Å². The van der Waals surface area contributed by atoms with E-state index in [0.717, 1.165) is 37.6 Å². The predicted octanol–water partition coefficient (Wildman–Crippen LogP) is 1.10. The minimum Gasteiger partial charge on any atom is -0.392 e. The zero-order valence-electron chi connectivity index (χ0n) is 10.6. The van der Waals surface area contributed by atoms with Crippen LogP contribution in [0.15, 0.2) is 18.3 Å². The highest BCUT2D eigenvalue weighted by Crippen LogP contribution is 2.15. The van der Waals surface area contributed by atoms with Crippen LogP contribution in [0.5, 0.6) is 0 Å². The number of piperazine rings is 1. The Kier molecular flexibility index (Phi) is 3.97. The molecule has 0 spiro atoms. The quantitative estimate of drug-likeness (QED) is 0.852. The molecule has 0 atom stereocenters. The Labute approximate surface area is 103 Å². The molecule has 0 aromatic carbocycles. The van der Waals surface area contributed by atoms with Gasteiger partial charge in [-0.15, -0.1) is 0 Å². The fourth-order valence-electron chi connectivity index (χ4n) is 2.16. The Morgan fingerprint density at radius 1 is 1.24 bits per heavy atom. The van der Waals surface area contributed by atoms with Crippen LogP contribution < -0.4 is 4.90 Å². The molecule has 4 heteroatoms. The van der Waals surface area contributed by atoms with Crippen LogP contribution in [0, 0.1) is 0 Å². The van der Waals surface area contributed by atoms with Crippen molar-refractivity contribution in [2.75, 3.05) is 31.1 Å². The molecule has 1 aromatic heterocycles. The van der Waals surface area contributed by atoms with Gasteiger partial charge in [0.1, 0.15) is 5.82 Å². The molecule has 0 radical (unpaired) electrons. The van der Waals surface area contributed by atoms with Crippen molar-refractivity contribution < 1.29 is 5.11 Å². The minimum absolute atomic E-state index is 0.0639. The molecule has 0 bridgehead atoms. The number of aliphatic hydroxyl groups is 1.